The molecule has 0 unspecified atom stereocenters. The fraction of sp³-hybridized carbons (Fsp3) is 0.156. The van der Waals surface area contributed by atoms with Crippen LogP contribution in [0.5, 0.6) is 17.2 Å². The fourth-order valence-electron chi connectivity index (χ4n) is 6.65. The van der Waals surface area contributed by atoms with E-state index in [9.17, 15) is 14.4 Å². The van der Waals surface area contributed by atoms with Gasteiger partial charge in [0.2, 0.25) is 18.6 Å². The molecule has 0 radical (unpaired) electrons. The van der Waals surface area contributed by atoms with E-state index >= 15 is 0 Å². The van der Waals surface area contributed by atoms with Gasteiger partial charge in [0.1, 0.15) is 5.75 Å². The van der Waals surface area contributed by atoms with Gasteiger partial charge in [-0.15, -0.1) is 0 Å². The summed E-state index contributed by atoms with van der Waals surface area (Å²) in [5.41, 5.74) is 2.63. The predicted octanol–water partition coefficient (Wildman–Crippen LogP) is 5.74. The molecule has 0 saturated carbocycles. The number of allylic oxidation sites excluding steroid dienone is 1. The summed E-state index contributed by atoms with van der Waals surface area (Å²) < 4.78 is 17.0. The minimum atomic E-state index is -0.957. The first-order chi connectivity index (χ1) is 19.5. The van der Waals surface area contributed by atoms with Crippen LogP contribution in [0.4, 0.5) is 5.69 Å². The Kier molecular flexibility index (Phi) is 4.91. The molecule has 0 bridgehead atoms. The topological polar surface area (TPSA) is 82.1 Å². The van der Waals surface area contributed by atoms with Crippen LogP contribution in [0.1, 0.15) is 17.0 Å². The molecule has 8 heteroatoms. The lowest BCUT2D eigenvalue weighted by Gasteiger charge is -2.38. The highest BCUT2D eigenvalue weighted by Crippen LogP contribution is 2.56. The molecule has 0 aromatic heterocycles. The van der Waals surface area contributed by atoms with Gasteiger partial charge >= 0.3 is 5.97 Å². The molecule has 3 aliphatic heterocycles. The first-order valence-corrected chi connectivity index (χ1v) is 13.4. The van der Waals surface area contributed by atoms with E-state index in [2.05, 4.69) is 0 Å². The standard InChI is InChI=1S/C32H20ClNO6/c33-18-5-3-6-19(13-18)34-30(35)27-21(17-9-10-23-25(12-17)39-15-38-23)14-22-26-20-7-2-1-4-16(20)8-11-24(26)40-32(37)28(22)29(27)31(34)36/h1-14,21,27-29H,15H2/t21-,27+,28+,29-/m1/s1. The summed E-state index contributed by atoms with van der Waals surface area (Å²) in [6, 6.07) is 23.7. The van der Waals surface area contributed by atoms with Crippen LogP contribution in [0.3, 0.4) is 0 Å². The van der Waals surface area contributed by atoms with Crippen LogP contribution < -0.4 is 19.1 Å². The number of nitrogens with zero attached hydrogens (tertiary/aromatic N) is 1. The lowest BCUT2D eigenvalue weighted by atomic mass is 9.64. The van der Waals surface area contributed by atoms with Crippen molar-refractivity contribution in [1.82, 2.24) is 0 Å². The lowest BCUT2D eigenvalue weighted by Crippen LogP contribution is -2.42. The molecule has 1 saturated heterocycles. The number of rotatable bonds is 2. The highest BCUT2D eigenvalue weighted by atomic mass is 35.5. The maximum absolute atomic E-state index is 14.2. The van der Waals surface area contributed by atoms with Crippen molar-refractivity contribution >= 4 is 51.4 Å². The normalized spacial score (nSPS) is 24.4. The van der Waals surface area contributed by atoms with Crippen molar-refractivity contribution in [3.63, 3.8) is 0 Å². The van der Waals surface area contributed by atoms with Crippen LogP contribution in [0.25, 0.3) is 16.3 Å². The average Bonchev–Trinajstić information content (AvgIpc) is 3.54. The number of carbonyl (C=O) groups is 3. The number of ether oxygens (including phenoxy) is 3. The summed E-state index contributed by atoms with van der Waals surface area (Å²) in [4.78, 5) is 43.1. The lowest BCUT2D eigenvalue weighted by molar-refractivity contribution is -0.142. The second kappa shape index (κ2) is 8.44. The maximum Gasteiger partial charge on any atom is 0.319 e. The largest absolute Gasteiger partial charge is 0.454 e. The Morgan fingerprint density at radius 2 is 1.57 bits per heavy atom. The van der Waals surface area contributed by atoms with Crippen molar-refractivity contribution in [2.45, 2.75) is 5.92 Å². The molecule has 2 amide bonds. The number of amides is 2. The summed E-state index contributed by atoms with van der Waals surface area (Å²) in [6.45, 7) is 0.115. The summed E-state index contributed by atoms with van der Waals surface area (Å²) in [7, 11) is 0. The van der Waals surface area contributed by atoms with Crippen LogP contribution in [0, 0.1) is 17.8 Å². The van der Waals surface area contributed by atoms with Gasteiger partial charge in [0.05, 0.1) is 23.4 Å². The van der Waals surface area contributed by atoms with Crippen molar-refractivity contribution in [2.75, 3.05) is 11.7 Å². The number of halogens is 1. The van der Waals surface area contributed by atoms with E-state index in [1.165, 1.54) is 4.90 Å². The first-order valence-electron chi connectivity index (χ1n) is 13.0. The highest BCUT2D eigenvalue weighted by Gasteiger charge is 2.60. The molecule has 4 atom stereocenters. The van der Waals surface area contributed by atoms with Gasteiger partial charge in [-0.2, -0.15) is 0 Å². The molecule has 0 spiro atoms. The number of fused-ring (bicyclic) bond motifs is 8. The van der Waals surface area contributed by atoms with Gasteiger partial charge in [-0.05, 0) is 58.3 Å². The smallest absolute Gasteiger partial charge is 0.319 e. The maximum atomic E-state index is 14.2. The third-order valence-corrected chi connectivity index (χ3v) is 8.57. The molecule has 7 nitrogen and oxygen atoms in total. The summed E-state index contributed by atoms with van der Waals surface area (Å²) >= 11 is 6.24. The number of hydrogen-bond donors (Lipinski definition) is 0. The average molecular weight is 550 g/mol. The number of carbonyl (C=O) groups excluding carboxylic acids is 3. The van der Waals surface area contributed by atoms with E-state index in [1.807, 2.05) is 54.6 Å². The van der Waals surface area contributed by atoms with Crippen LogP contribution in [-0.2, 0) is 14.4 Å². The van der Waals surface area contributed by atoms with E-state index in [0.717, 1.165) is 21.9 Å². The molecule has 196 valence electrons. The molecule has 4 aliphatic rings. The quantitative estimate of drug-likeness (QED) is 0.180. The Bertz CT molecular complexity index is 1830. The molecular weight excluding hydrogens is 530 g/mol. The zero-order valence-electron chi connectivity index (χ0n) is 20.9. The molecule has 1 fully saturated rings. The van der Waals surface area contributed by atoms with Crippen molar-refractivity contribution in [3.8, 4) is 17.2 Å². The van der Waals surface area contributed by atoms with Crippen molar-refractivity contribution in [2.24, 2.45) is 17.8 Å². The van der Waals surface area contributed by atoms with Gasteiger partial charge in [-0.3, -0.25) is 14.4 Å². The second-order valence-electron chi connectivity index (χ2n) is 10.4. The Labute approximate surface area is 233 Å². The fourth-order valence-corrected chi connectivity index (χ4v) is 6.83. The van der Waals surface area contributed by atoms with Crippen molar-refractivity contribution in [3.05, 3.63) is 101 Å². The van der Waals surface area contributed by atoms with Crippen LogP contribution >= 0.6 is 11.6 Å². The van der Waals surface area contributed by atoms with E-state index in [-0.39, 0.29) is 12.7 Å². The van der Waals surface area contributed by atoms with E-state index in [0.29, 0.717) is 33.5 Å². The highest BCUT2D eigenvalue weighted by molar-refractivity contribution is 6.31. The number of anilines is 1. The Morgan fingerprint density at radius 1 is 0.775 bits per heavy atom. The third-order valence-electron chi connectivity index (χ3n) is 8.33. The molecule has 8 rings (SSSR count). The molecule has 4 aromatic rings. The van der Waals surface area contributed by atoms with E-state index < -0.39 is 35.5 Å². The van der Waals surface area contributed by atoms with Gasteiger partial charge in [-0.1, -0.05) is 60.1 Å². The minimum absolute atomic E-state index is 0.115. The summed E-state index contributed by atoms with van der Waals surface area (Å²) in [5.74, 6) is -2.96. The van der Waals surface area contributed by atoms with Crippen LogP contribution in [0.2, 0.25) is 5.02 Å². The molecule has 3 heterocycles. The summed E-state index contributed by atoms with van der Waals surface area (Å²) in [5, 5.41) is 2.29. The first kappa shape index (κ1) is 23.3. The zero-order valence-corrected chi connectivity index (χ0v) is 21.6. The SMILES string of the molecule is O=C1Oc2ccc3ccccc3c2C2=C[C@H](c3ccc4c(c3)OCO4)[C@@H]3C(=O)N(c4cccc(Cl)c4)C(=O)[C@H]3[C@@H]12. The minimum Gasteiger partial charge on any atom is -0.454 e. The Balaban J connectivity index is 1.37. The molecular formula is C32H20ClNO6. The van der Waals surface area contributed by atoms with E-state index in [1.54, 1.807) is 30.3 Å². The molecule has 1 aliphatic carbocycles. The Hall–Kier alpha value is -4.62. The van der Waals surface area contributed by atoms with Gasteiger partial charge < -0.3 is 14.2 Å². The number of esters is 1. The number of imide groups is 1. The zero-order chi connectivity index (χ0) is 27.1. The number of hydrogen-bond acceptors (Lipinski definition) is 6. The van der Waals surface area contributed by atoms with Crippen molar-refractivity contribution < 1.29 is 28.6 Å². The molecule has 40 heavy (non-hydrogen) atoms. The van der Waals surface area contributed by atoms with Crippen molar-refractivity contribution in [1.29, 1.82) is 0 Å². The van der Waals surface area contributed by atoms with Gasteiger partial charge in [0, 0.05) is 16.5 Å². The monoisotopic (exact) mass is 549 g/mol. The predicted molar refractivity (Wildman–Crippen MR) is 147 cm³/mol. The third kappa shape index (κ3) is 3.21. The van der Waals surface area contributed by atoms with Crippen LogP contribution in [-0.4, -0.2) is 24.6 Å². The molecule has 0 N–H and O–H groups in total. The van der Waals surface area contributed by atoms with E-state index in [4.69, 9.17) is 25.8 Å². The summed E-state index contributed by atoms with van der Waals surface area (Å²) in [6.07, 6.45) is 1.97. The van der Waals surface area contributed by atoms with Gasteiger partial charge in [-0.25, -0.2) is 4.90 Å². The van der Waals surface area contributed by atoms with Gasteiger partial charge in [0.25, 0.3) is 0 Å². The van der Waals surface area contributed by atoms with Gasteiger partial charge in [0.15, 0.2) is 11.5 Å². The van der Waals surface area contributed by atoms with Crippen LogP contribution in [0.15, 0.2) is 84.9 Å². The second-order valence-corrected chi connectivity index (χ2v) is 10.8. The number of benzene rings is 4. The molecule has 4 aromatic carbocycles. The Morgan fingerprint density at radius 3 is 2.45 bits per heavy atom.